The van der Waals surface area contributed by atoms with Gasteiger partial charge < -0.3 is 9.30 Å². The first kappa shape index (κ1) is 18.4. The first-order valence-corrected chi connectivity index (χ1v) is 8.75. The van der Waals surface area contributed by atoms with Crippen molar-refractivity contribution in [2.24, 2.45) is 5.10 Å². The third kappa shape index (κ3) is 4.23. The molecule has 2 aromatic heterocycles. The van der Waals surface area contributed by atoms with Gasteiger partial charge >= 0.3 is 0 Å². The molecular formula is C21H22N4O2. The van der Waals surface area contributed by atoms with Crippen molar-refractivity contribution in [3.05, 3.63) is 77.4 Å². The van der Waals surface area contributed by atoms with Crippen LogP contribution in [-0.2, 0) is 0 Å². The molecule has 0 spiro atoms. The van der Waals surface area contributed by atoms with Crippen LogP contribution in [0.1, 0.15) is 34.2 Å². The lowest BCUT2D eigenvalue weighted by atomic mass is 10.2. The van der Waals surface area contributed by atoms with Crippen LogP contribution in [0, 0.1) is 13.8 Å². The average molecular weight is 362 g/mol. The van der Waals surface area contributed by atoms with Crippen LogP contribution in [0.25, 0.3) is 5.69 Å². The maximum absolute atomic E-state index is 12.0. The molecule has 0 saturated carbocycles. The van der Waals surface area contributed by atoms with Crippen LogP contribution < -0.4 is 10.2 Å². The summed E-state index contributed by atoms with van der Waals surface area (Å²) < 4.78 is 7.64. The van der Waals surface area contributed by atoms with Gasteiger partial charge in [-0.15, -0.1) is 0 Å². The van der Waals surface area contributed by atoms with E-state index in [-0.39, 0.29) is 5.91 Å². The van der Waals surface area contributed by atoms with E-state index in [0.717, 1.165) is 28.4 Å². The second-order valence-electron chi connectivity index (χ2n) is 6.02. The summed E-state index contributed by atoms with van der Waals surface area (Å²) in [4.78, 5) is 15.9. The minimum absolute atomic E-state index is 0.269. The quantitative estimate of drug-likeness (QED) is 0.537. The lowest BCUT2D eigenvalue weighted by Gasteiger charge is -2.10. The Labute approximate surface area is 158 Å². The maximum atomic E-state index is 12.0. The molecule has 0 aliphatic carbocycles. The normalized spacial score (nSPS) is 10.9. The third-order valence-electron chi connectivity index (χ3n) is 4.19. The number of aryl methyl sites for hydroxylation is 1. The number of carbonyl (C=O) groups is 1. The smallest absolute Gasteiger partial charge is 0.271 e. The number of hydrogen-bond donors (Lipinski definition) is 1. The van der Waals surface area contributed by atoms with Crippen molar-refractivity contribution in [2.75, 3.05) is 6.61 Å². The number of ether oxygens (including phenoxy) is 1. The Balaban J connectivity index is 1.76. The first-order valence-electron chi connectivity index (χ1n) is 8.75. The van der Waals surface area contributed by atoms with Crippen molar-refractivity contribution in [1.29, 1.82) is 0 Å². The summed E-state index contributed by atoms with van der Waals surface area (Å²) >= 11 is 0. The van der Waals surface area contributed by atoms with Crippen molar-refractivity contribution in [3.8, 4) is 11.4 Å². The van der Waals surface area contributed by atoms with Crippen LogP contribution in [0.2, 0.25) is 0 Å². The summed E-state index contributed by atoms with van der Waals surface area (Å²) in [5, 5.41) is 4.09. The summed E-state index contributed by atoms with van der Waals surface area (Å²) in [6.07, 6.45) is 4.80. The van der Waals surface area contributed by atoms with Gasteiger partial charge in [-0.2, -0.15) is 5.10 Å². The lowest BCUT2D eigenvalue weighted by molar-refractivity contribution is 0.0955. The maximum Gasteiger partial charge on any atom is 0.271 e. The van der Waals surface area contributed by atoms with Gasteiger partial charge in [0.2, 0.25) is 0 Å². The van der Waals surface area contributed by atoms with Crippen LogP contribution in [-0.4, -0.2) is 28.3 Å². The number of hydrazone groups is 1. The molecule has 1 N–H and O–H groups in total. The van der Waals surface area contributed by atoms with Gasteiger partial charge in [0, 0.05) is 40.6 Å². The van der Waals surface area contributed by atoms with Gasteiger partial charge in [0.25, 0.3) is 5.91 Å². The van der Waals surface area contributed by atoms with E-state index in [1.54, 1.807) is 30.7 Å². The Kier molecular flexibility index (Phi) is 5.66. The summed E-state index contributed by atoms with van der Waals surface area (Å²) in [7, 11) is 0. The Morgan fingerprint density at radius 1 is 1.19 bits per heavy atom. The fourth-order valence-electron chi connectivity index (χ4n) is 2.90. The molecule has 0 atom stereocenters. The molecule has 3 rings (SSSR count). The first-order chi connectivity index (χ1) is 13.1. The fourth-order valence-corrected chi connectivity index (χ4v) is 2.90. The van der Waals surface area contributed by atoms with Gasteiger partial charge in [-0.3, -0.25) is 9.78 Å². The van der Waals surface area contributed by atoms with Gasteiger partial charge in [-0.1, -0.05) is 0 Å². The zero-order valence-electron chi connectivity index (χ0n) is 15.6. The van der Waals surface area contributed by atoms with Gasteiger partial charge in [-0.25, -0.2) is 5.43 Å². The van der Waals surface area contributed by atoms with E-state index in [2.05, 4.69) is 20.1 Å². The highest BCUT2D eigenvalue weighted by atomic mass is 16.5. The van der Waals surface area contributed by atoms with E-state index in [4.69, 9.17) is 4.74 Å². The van der Waals surface area contributed by atoms with E-state index in [1.807, 2.05) is 51.1 Å². The number of benzene rings is 1. The number of hydrogen-bond acceptors (Lipinski definition) is 4. The molecule has 0 aliphatic rings. The number of carbonyl (C=O) groups excluding carboxylic acids is 1. The Morgan fingerprint density at radius 3 is 2.56 bits per heavy atom. The van der Waals surface area contributed by atoms with E-state index in [1.165, 1.54) is 0 Å². The van der Waals surface area contributed by atoms with E-state index in [0.29, 0.717) is 12.2 Å². The summed E-state index contributed by atoms with van der Waals surface area (Å²) in [6, 6.07) is 13.3. The summed E-state index contributed by atoms with van der Waals surface area (Å²) in [6.45, 7) is 6.67. The van der Waals surface area contributed by atoms with Gasteiger partial charge in [0.05, 0.1) is 12.8 Å². The standard InChI is InChI=1S/C21H22N4O2/c1-4-27-20-7-5-19(6-8-20)25-15(2)13-18(16(25)3)14-23-24-21(26)17-9-11-22-12-10-17/h5-14H,4H2,1-3H3,(H,24,26). The monoisotopic (exact) mass is 362 g/mol. The highest BCUT2D eigenvalue weighted by Crippen LogP contribution is 2.22. The molecule has 138 valence electrons. The number of nitrogens with one attached hydrogen (secondary N) is 1. The Bertz CT molecular complexity index is 944. The molecule has 6 heteroatoms. The number of amides is 1. The second kappa shape index (κ2) is 8.31. The minimum Gasteiger partial charge on any atom is -0.494 e. The number of rotatable bonds is 6. The predicted molar refractivity (Wildman–Crippen MR) is 106 cm³/mol. The SMILES string of the molecule is CCOc1ccc(-n2c(C)cc(C=NNC(=O)c3ccncc3)c2C)cc1. The number of pyridine rings is 1. The molecule has 6 nitrogen and oxygen atoms in total. The molecule has 3 aromatic rings. The number of aromatic nitrogens is 2. The van der Waals surface area contributed by atoms with Crippen LogP contribution in [0.5, 0.6) is 5.75 Å². The molecule has 0 radical (unpaired) electrons. The molecule has 27 heavy (non-hydrogen) atoms. The highest BCUT2D eigenvalue weighted by molar-refractivity contribution is 5.94. The van der Waals surface area contributed by atoms with Crippen molar-refractivity contribution in [3.63, 3.8) is 0 Å². The lowest BCUT2D eigenvalue weighted by Crippen LogP contribution is -2.17. The van der Waals surface area contributed by atoms with Gasteiger partial charge in [-0.05, 0) is 63.2 Å². The topological polar surface area (TPSA) is 68.5 Å². The Morgan fingerprint density at radius 2 is 1.89 bits per heavy atom. The van der Waals surface area contributed by atoms with Crippen LogP contribution in [0.4, 0.5) is 0 Å². The van der Waals surface area contributed by atoms with Crippen molar-refractivity contribution in [1.82, 2.24) is 15.0 Å². The minimum atomic E-state index is -0.269. The number of nitrogens with zero attached hydrogens (tertiary/aromatic N) is 3. The molecule has 0 aliphatic heterocycles. The molecular weight excluding hydrogens is 340 g/mol. The van der Waals surface area contributed by atoms with Gasteiger partial charge in [0.1, 0.15) is 5.75 Å². The molecule has 0 fully saturated rings. The van der Waals surface area contributed by atoms with E-state index < -0.39 is 0 Å². The van der Waals surface area contributed by atoms with Crippen molar-refractivity contribution >= 4 is 12.1 Å². The molecule has 1 amide bonds. The summed E-state index contributed by atoms with van der Waals surface area (Å²) in [5.41, 5.74) is 7.17. The summed E-state index contributed by atoms with van der Waals surface area (Å²) in [5.74, 6) is 0.582. The van der Waals surface area contributed by atoms with Crippen LogP contribution in [0.3, 0.4) is 0 Å². The van der Waals surface area contributed by atoms with Crippen molar-refractivity contribution in [2.45, 2.75) is 20.8 Å². The third-order valence-corrected chi connectivity index (χ3v) is 4.19. The molecule has 0 saturated heterocycles. The van der Waals surface area contributed by atoms with Crippen molar-refractivity contribution < 1.29 is 9.53 Å². The fraction of sp³-hybridized carbons (Fsp3) is 0.190. The van der Waals surface area contributed by atoms with Crippen LogP contribution >= 0.6 is 0 Å². The van der Waals surface area contributed by atoms with E-state index in [9.17, 15) is 4.79 Å². The molecule has 1 aromatic carbocycles. The predicted octanol–water partition coefficient (Wildman–Crippen LogP) is 3.65. The largest absolute Gasteiger partial charge is 0.494 e. The zero-order chi connectivity index (χ0) is 19.2. The zero-order valence-corrected chi connectivity index (χ0v) is 15.6. The molecule has 2 heterocycles. The molecule has 0 unspecified atom stereocenters. The van der Waals surface area contributed by atoms with E-state index >= 15 is 0 Å². The second-order valence-corrected chi connectivity index (χ2v) is 6.02. The highest BCUT2D eigenvalue weighted by Gasteiger charge is 2.10. The van der Waals surface area contributed by atoms with Crippen LogP contribution in [0.15, 0.2) is 60.0 Å². The Hall–Kier alpha value is -3.41. The molecule has 0 bridgehead atoms. The van der Waals surface area contributed by atoms with Gasteiger partial charge in [0.15, 0.2) is 0 Å². The average Bonchev–Trinajstić information content (AvgIpc) is 2.97.